The number of hydrogen-bond donors (Lipinski definition) is 1. The number of nitrogens with zero attached hydrogens (tertiary/aromatic N) is 4. The van der Waals surface area contributed by atoms with Crippen molar-refractivity contribution >= 4 is 5.82 Å². The Kier molecular flexibility index (Phi) is 4.60. The Morgan fingerprint density at radius 2 is 1.85 bits per heavy atom. The lowest BCUT2D eigenvalue weighted by molar-refractivity contribution is 0.0344. The smallest absolute Gasteiger partial charge is 0.132 e. The minimum Gasteiger partial charge on any atom is -0.389 e. The lowest BCUT2D eigenvalue weighted by atomic mass is 10.1. The molecule has 0 saturated carbocycles. The van der Waals surface area contributed by atoms with Gasteiger partial charge in [0.1, 0.15) is 11.6 Å². The van der Waals surface area contributed by atoms with E-state index in [-0.39, 0.29) is 0 Å². The van der Waals surface area contributed by atoms with E-state index in [0.29, 0.717) is 0 Å². The quantitative estimate of drug-likeness (QED) is 0.898. The molecule has 1 saturated heterocycles. The van der Waals surface area contributed by atoms with Crippen LogP contribution < -0.4 is 4.90 Å². The highest BCUT2D eigenvalue weighted by Gasteiger charge is 2.23. The van der Waals surface area contributed by atoms with Crippen molar-refractivity contribution in [2.75, 3.05) is 37.6 Å². The molecular formula is C15H26N4O. The molecule has 1 N–H and O–H groups in total. The van der Waals surface area contributed by atoms with Gasteiger partial charge in [-0.1, -0.05) is 6.92 Å². The first-order chi connectivity index (χ1) is 9.37. The highest BCUT2D eigenvalue weighted by Crippen LogP contribution is 2.16. The Labute approximate surface area is 121 Å². The number of hydrogen-bond acceptors (Lipinski definition) is 5. The molecule has 0 spiro atoms. The third-order valence-electron chi connectivity index (χ3n) is 3.55. The number of aromatic nitrogens is 2. The lowest BCUT2D eigenvalue weighted by Crippen LogP contribution is -2.50. The Morgan fingerprint density at radius 1 is 1.20 bits per heavy atom. The van der Waals surface area contributed by atoms with E-state index in [4.69, 9.17) is 0 Å². The highest BCUT2D eigenvalue weighted by molar-refractivity contribution is 5.40. The molecule has 5 heteroatoms. The van der Waals surface area contributed by atoms with Gasteiger partial charge in [0.15, 0.2) is 0 Å². The zero-order valence-electron chi connectivity index (χ0n) is 13.1. The van der Waals surface area contributed by atoms with Crippen molar-refractivity contribution in [1.82, 2.24) is 14.9 Å². The largest absolute Gasteiger partial charge is 0.389 e. The summed E-state index contributed by atoms with van der Waals surface area (Å²) in [6.07, 6.45) is 0.940. The van der Waals surface area contributed by atoms with E-state index in [2.05, 4.69) is 32.8 Å². The molecule has 112 valence electrons. The number of aryl methyl sites for hydroxylation is 2. The fraction of sp³-hybridized carbons (Fsp3) is 0.733. The molecule has 1 fully saturated rings. The Balaban J connectivity index is 1.98. The van der Waals surface area contributed by atoms with Crippen LogP contribution in [0.3, 0.4) is 0 Å². The Morgan fingerprint density at radius 3 is 2.40 bits per heavy atom. The topological polar surface area (TPSA) is 52.5 Å². The molecule has 2 rings (SSSR count). The molecule has 0 amide bonds. The number of piperazine rings is 1. The first kappa shape index (κ1) is 15.2. The van der Waals surface area contributed by atoms with Crippen molar-refractivity contribution in [3.05, 3.63) is 17.6 Å². The van der Waals surface area contributed by atoms with Gasteiger partial charge >= 0.3 is 0 Å². The number of β-amino-alcohol motifs (C(OH)–C–C–N with tert-alkyl or cyclic N) is 1. The second-order valence-electron chi connectivity index (χ2n) is 6.19. The van der Waals surface area contributed by atoms with Crippen LogP contribution in [0.1, 0.15) is 32.3 Å². The molecule has 1 aromatic rings. The summed E-state index contributed by atoms with van der Waals surface area (Å²) in [5, 5.41) is 9.88. The van der Waals surface area contributed by atoms with Crippen LogP contribution in [0.15, 0.2) is 6.07 Å². The van der Waals surface area contributed by atoms with Crippen LogP contribution in [-0.2, 0) is 6.42 Å². The molecule has 0 aliphatic carbocycles. The number of aliphatic hydroxyl groups is 1. The van der Waals surface area contributed by atoms with E-state index >= 15 is 0 Å². The minimum atomic E-state index is -0.622. The Hall–Kier alpha value is -1.20. The van der Waals surface area contributed by atoms with Gasteiger partial charge in [0.25, 0.3) is 0 Å². The average molecular weight is 278 g/mol. The zero-order valence-corrected chi connectivity index (χ0v) is 13.1. The third kappa shape index (κ3) is 4.15. The van der Waals surface area contributed by atoms with E-state index in [9.17, 15) is 5.11 Å². The number of anilines is 1. The van der Waals surface area contributed by atoms with Crippen LogP contribution >= 0.6 is 0 Å². The normalized spacial score (nSPS) is 17.6. The summed E-state index contributed by atoms with van der Waals surface area (Å²) in [6, 6.07) is 2.10. The molecule has 1 aromatic heterocycles. The van der Waals surface area contributed by atoms with Gasteiger partial charge < -0.3 is 10.0 Å². The van der Waals surface area contributed by atoms with Crippen molar-refractivity contribution in [3.63, 3.8) is 0 Å². The van der Waals surface area contributed by atoms with Crippen LogP contribution in [0.2, 0.25) is 0 Å². The predicted octanol–water partition coefficient (Wildman–Crippen LogP) is 1.24. The van der Waals surface area contributed by atoms with Gasteiger partial charge in [-0.3, -0.25) is 4.90 Å². The molecule has 2 heterocycles. The van der Waals surface area contributed by atoms with Crippen LogP contribution in [-0.4, -0.2) is 58.3 Å². The van der Waals surface area contributed by atoms with Gasteiger partial charge in [-0.15, -0.1) is 0 Å². The summed E-state index contributed by atoms with van der Waals surface area (Å²) in [4.78, 5) is 13.6. The molecule has 1 aliphatic rings. The molecule has 20 heavy (non-hydrogen) atoms. The first-order valence-corrected chi connectivity index (χ1v) is 7.41. The standard InChI is InChI=1S/C15H26N4O/c1-5-13-10-14(17-12(2)16-13)19-8-6-18(7-9-19)11-15(3,4)20/h10,20H,5-9,11H2,1-4H3. The maximum absolute atomic E-state index is 9.88. The van der Waals surface area contributed by atoms with Gasteiger partial charge in [-0.2, -0.15) is 0 Å². The summed E-state index contributed by atoms with van der Waals surface area (Å²) in [5.41, 5.74) is 0.481. The first-order valence-electron chi connectivity index (χ1n) is 7.41. The van der Waals surface area contributed by atoms with Gasteiger partial charge in [0.05, 0.1) is 5.60 Å². The van der Waals surface area contributed by atoms with E-state index < -0.39 is 5.60 Å². The average Bonchev–Trinajstić information content (AvgIpc) is 2.37. The minimum absolute atomic E-state index is 0.622. The molecule has 0 bridgehead atoms. The summed E-state index contributed by atoms with van der Waals surface area (Å²) in [6.45, 7) is 12.4. The van der Waals surface area contributed by atoms with Crippen molar-refractivity contribution in [3.8, 4) is 0 Å². The van der Waals surface area contributed by atoms with Crippen molar-refractivity contribution in [2.45, 2.75) is 39.7 Å². The second-order valence-corrected chi connectivity index (χ2v) is 6.19. The third-order valence-corrected chi connectivity index (χ3v) is 3.55. The van der Waals surface area contributed by atoms with Crippen LogP contribution in [0.5, 0.6) is 0 Å². The fourth-order valence-corrected chi connectivity index (χ4v) is 2.64. The summed E-state index contributed by atoms with van der Waals surface area (Å²) < 4.78 is 0. The Bertz CT molecular complexity index is 448. The molecule has 0 atom stereocenters. The van der Waals surface area contributed by atoms with Crippen molar-refractivity contribution < 1.29 is 5.11 Å². The summed E-state index contributed by atoms with van der Waals surface area (Å²) in [5.74, 6) is 1.88. The van der Waals surface area contributed by atoms with Crippen molar-refractivity contribution in [1.29, 1.82) is 0 Å². The lowest BCUT2D eigenvalue weighted by Gasteiger charge is -2.37. The SMILES string of the molecule is CCc1cc(N2CCN(CC(C)(C)O)CC2)nc(C)n1. The molecule has 0 aromatic carbocycles. The monoisotopic (exact) mass is 278 g/mol. The van der Waals surface area contributed by atoms with E-state index in [1.54, 1.807) is 0 Å². The molecule has 0 radical (unpaired) electrons. The predicted molar refractivity (Wildman–Crippen MR) is 81.1 cm³/mol. The second kappa shape index (κ2) is 6.06. The summed E-state index contributed by atoms with van der Waals surface area (Å²) >= 11 is 0. The molecular weight excluding hydrogens is 252 g/mol. The highest BCUT2D eigenvalue weighted by atomic mass is 16.3. The fourth-order valence-electron chi connectivity index (χ4n) is 2.64. The molecule has 1 aliphatic heterocycles. The van der Waals surface area contributed by atoms with Crippen LogP contribution in [0.25, 0.3) is 0 Å². The van der Waals surface area contributed by atoms with E-state index in [1.165, 1.54) is 0 Å². The number of rotatable bonds is 4. The van der Waals surface area contributed by atoms with E-state index in [1.807, 2.05) is 20.8 Å². The molecule has 0 unspecified atom stereocenters. The van der Waals surface area contributed by atoms with Gasteiger partial charge in [0, 0.05) is 44.5 Å². The van der Waals surface area contributed by atoms with Gasteiger partial charge in [-0.25, -0.2) is 9.97 Å². The van der Waals surface area contributed by atoms with Gasteiger partial charge in [-0.05, 0) is 27.2 Å². The zero-order chi connectivity index (χ0) is 14.8. The van der Waals surface area contributed by atoms with Crippen LogP contribution in [0.4, 0.5) is 5.82 Å². The van der Waals surface area contributed by atoms with Crippen LogP contribution in [0, 0.1) is 6.92 Å². The molecule has 5 nitrogen and oxygen atoms in total. The summed E-state index contributed by atoms with van der Waals surface area (Å²) in [7, 11) is 0. The maximum atomic E-state index is 9.88. The van der Waals surface area contributed by atoms with Crippen molar-refractivity contribution in [2.24, 2.45) is 0 Å². The maximum Gasteiger partial charge on any atom is 0.132 e. The van der Waals surface area contributed by atoms with Gasteiger partial charge in [0.2, 0.25) is 0 Å². The van der Waals surface area contributed by atoms with E-state index in [0.717, 1.165) is 56.5 Å².